The number of hydrogen-bond donors (Lipinski definition) is 1. The molecule has 0 radical (unpaired) electrons. The smallest absolute Gasteiger partial charge is 0.266 e. The Morgan fingerprint density at radius 3 is 2.62 bits per heavy atom. The summed E-state index contributed by atoms with van der Waals surface area (Å²) in [5.74, 6) is 2.10. The average molecular weight is 354 g/mol. The average Bonchev–Trinajstić information content (AvgIpc) is 3.12. The van der Waals surface area contributed by atoms with E-state index in [0.29, 0.717) is 18.1 Å². The Kier molecular flexibility index (Phi) is 4.27. The van der Waals surface area contributed by atoms with Crippen LogP contribution in [0.4, 0.5) is 11.6 Å². The standard InChI is InChI=1S/C17H22N8O/c1-12(2)9-25-14(26)4-3-13(22-25)23-5-7-24(8-6-23)17-15-16(19-10-18-15)20-11-21-17/h3-4,10-12H,5-9H2,1-2H3,(H,18,19,20,21). The number of aromatic nitrogens is 6. The summed E-state index contributed by atoms with van der Waals surface area (Å²) < 4.78 is 1.56. The summed E-state index contributed by atoms with van der Waals surface area (Å²) in [6, 6.07) is 3.42. The van der Waals surface area contributed by atoms with Crippen LogP contribution in [0.3, 0.4) is 0 Å². The van der Waals surface area contributed by atoms with Crippen molar-refractivity contribution >= 4 is 22.8 Å². The molecule has 3 aromatic rings. The van der Waals surface area contributed by atoms with Crippen molar-refractivity contribution in [2.24, 2.45) is 5.92 Å². The van der Waals surface area contributed by atoms with E-state index in [1.165, 1.54) is 0 Å². The highest BCUT2D eigenvalue weighted by atomic mass is 16.1. The number of imidazole rings is 1. The fourth-order valence-corrected chi connectivity index (χ4v) is 3.22. The van der Waals surface area contributed by atoms with Crippen molar-refractivity contribution in [3.8, 4) is 0 Å². The number of rotatable bonds is 4. The number of fused-ring (bicyclic) bond motifs is 1. The molecule has 4 heterocycles. The molecule has 4 rings (SSSR count). The van der Waals surface area contributed by atoms with Crippen LogP contribution in [0, 0.1) is 5.92 Å². The van der Waals surface area contributed by atoms with Gasteiger partial charge in [0.2, 0.25) is 0 Å². The monoisotopic (exact) mass is 354 g/mol. The highest BCUT2D eigenvalue weighted by Crippen LogP contribution is 2.22. The third kappa shape index (κ3) is 3.12. The molecule has 9 heteroatoms. The van der Waals surface area contributed by atoms with E-state index in [2.05, 4.69) is 48.7 Å². The van der Waals surface area contributed by atoms with E-state index in [9.17, 15) is 4.79 Å². The van der Waals surface area contributed by atoms with Gasteiger partial charge in [-0.25, -0.2) is 19.6 Å². The molecular weight excluding hydrogens is 332 g/mol. The maximum absolute atomic E-state index is 12.0. The molecule has 9 nitrogen and oxygen atoms in total. The lowest BCUT2D eigenvalue weighted by molar-refractivity contribution is 0.461. The number of H-pyrrole nitrogens is 1. The number of piperazine rings is 1. The van der Waals surface area contributed by atoms with Gasteiger partial charge in [0.05, 0.1) is 6.33 Å². The summed E-state index contributed by atoms with van der Waals surface area (Å²) in [5.41, 5.74) is 1.49. The fourth-order valence-electron chi connectivity index (χ4n) is 3.22. The molecule has 0 bridgehead atoms. The third-order valence-electron chi connectivity index (χ3n) is 4.50. The van der Waals surface area contributed by atoms with E-state index < -0.39 is 0 Å². The Hall–Kier alpha value is -2.97. The van der Waals surface area contributed by atoms with Gasteiger partial charge in [-0.2, -0.15) is 5.10 Å². The number of hydrogen-bond acceptors (Lipinski definition) is 7. The molecule has 3 aromatic heterocycles. The van der Waals surface area contributed by atoms with Crippen LogP contribution in [0.15, 0.2) is 29.6 Å². The van der Waals surface area contributed by atoms with Crippen molar-refractivity contribution < 1.29 is 0 Å². The molecule has 136 valence electrons. The lowest BCUT2D eigenvalue weighted by Gasteiger charge is -2.36. The van der Waals surface area contributed by atoms with E-state index in [1.807, 2.05) is 6.07 Å². The van der Waals surface area contributed by atoms with Gasteiger partial charge in [-0.3, -0.25) is 4.79 Å². The van der Waals surface area contributed by atoms with Crippen LogP contribution in [0.5, 0.6) is 0 Å². The van der Waals surface area contributed by atoms with E-state index in [-0.39, 0.29) is 5.56 Å². The van der Waals surface area contributed by atoms with Crippen LogP contribution in [-0.4, -0.2) is 55.9 Å². The van der Waals surface area contributed by atoms with Crippen molar-refractivity contribution in [2.45, 2.75) is 20.4 Å². The second-order valence-electron chi connectivity index (χ2n) is 6.88. The minimum atomic E-state index is -0.0521. The van der Waals surface area contributed by atoms with E-state index in [4.69, 9.17) is 0 Å². The Morgan fingerprint density at radius 1 is 1.08 bits per heavy atom. The molecule has 1 aliphatic heterocycles. The van der Waals surface area contributed by atoms with Gasteiger partial charge in [-0.1, -0.05) is 13.8 Å². The molecule has 0 atom stereocenters. The van der Waals surface area contributed by atoms with Crippen LogP contribution < -0.4 is 15.4 Å². The molecule has 0 aliphatic carbocycles. The van der Waals surface area contributed by atoms with Crippen molar-refractivity contribution in [3.63, 3.8) is 0 Å². The van der Waals surface area contributed by atoms with Crippen molar-refractivity contribution in [3.05, 3.63) is 35.1 Å². The maximum Gasteiger partial charge on any atom is 0.266 e. The zero-order chi connectivity index (χ0) is 18.1. The SMILES string of the molecule is CC(C)Cn1nc(N2CCN(c3ncnc4nc[nH]c34)CC2)ccc1=O. The Bertz CT molecular complexity index is 955. The summed E-state index contributed by atoms with van der Waals surface area (Å²) in [5, 5.41) is 4.55. The molecule has 0 amide bonds. The molecule has 0 aromatic carbocycles. The molecule has 1 N–H and O–H groups in total. The van der Waals surface area contributed by atoms with Gasteiger partial charge in [-0.05, 0) is 12.0 Å². The van der Waals surface area contributed by atoms with Gasteiger partial charge in [0.1, 0.15) is 17.7 Å². The summed E-state index contributed by atoms with van der Waals surface area (Å²) in [4.78, 5) is 32.3. The van der Waals surface area contributed by atoms with Crippen LogP contribution in [0.1, 0.15) is 13.8 Å². The predicted octanol–water partition coefficient (Wildman–Crippen LogP) is 0.892. The normalized spacial score (nSPS) is 15.2. The topological polar surface area (TPSA) is 95.8 Å². The maximum atomic E-state index is 12.0. The van der Waals surface area contributed by atoms with Gasteiger partial charge in [0, 0.05) is 38.8 Å². The molecule has 0 spiro atoms. The third-order valence-corrected chi connectivity index (χ3v) is 4.50. The van der Waals surface area contributed by atoms with Gasteiger partial charge >= 0.3 is 0 Å². The largest absolute Gasteiger partial charge is 0.352 e. The molecule has 1 aliphatic rings. The fraction of sp³-hybridized carbons (Fsp3) is 0.471. The van der Waals surface area contributed by atoms with Crippen molar-refractivity contribution in [2.75, 3.05) is 36.0 Å². The number of nitrogens with one attached hydrogen (secondary N) is 1. The number of aromatic amines is 1. The predicted molar refractivity (Wildman–Crippen MR) is 99.4 cm³/mol. The van der Waals surface area contributed by atoms with Crippen LogP contribution in [0.2, 0.25) is 0 Å². The zero-order valence-corrected chi connectivity index (χ0v) is 15.0. The molecule has 26 heavy (non-hydrogen) atoms. The first-order chi connectivity index (χ1) is 12.6. The first kappa shape index (κ1) is 16.5. The first-order valence-electron chi connectivity index (χ1n) is 8.84. The van der Waals surface area contributed by atoms with Crippen LogP contribution in [-0.2, 0) is 6.54 Å². The Labute approximate surface area is 150 Å². The second kappa shape index (κ2) is 6.74. The Balaban J connectivity index is 1.50. The summed E-state index contributed by atoms with van der Waals surface area (Å²) in [6.07, 6.45) is 3.19. The summed E-state index contributed by atoms with van der Waals surface area (Å²) >= 11 is 0. The van der Waals surface area contributed by atoms with Gasteiger partial charge in [-0.15, -0.1) is 0 Å². The lowest BCUT2D eigenvalue weighted by Crippen LogP contribution is -2.47. The van der Waals surface area contributed by atoms with E-state index in [1.54, 1.807) is 23.4 Å². The van der Waals surface area contributed by atoms with Crippen molar-refractivity contribution in [1.29, 1.82) is 0 Å². The second-order valence-corrected chi connectivity index (χ2v) is 6.88. The quantitative estimate of drug-likeness (QED) is 0.743. The molecule has 0 saturated carbocycles. The number of nitrogens with zero attached hydrogens (tertiary/aromatic N) is 7. The number of anilines is 2. The highest BCUT2D eigenvalue weighted by molar-refractivity contribution is 5.82. The van der Waals surface area contributed by atoms with E-state index >= 15 is 0 Å². The van der Waals surface area contributed by atoms with Crippen molar-refractivity contribution in [1.82, 2.24) is 29.7 Å². The minimum Gasteiger partial charge on any atom is -0.352 e. The lowest BCUT2D eigenvalue weighted by atomic mass is 10.2. The molecule has 0 unspecified atom stereocenters. The Morgan fingerprint density at radius 2 is 1.85 bits per heavy atom. The molecular formula is C17H22N8O. The van der Waals surface area contributed by atoms with Gasteiger partial charge in [0.15, 0.2) is 11.5 Å². The van der Waals surface area contributed by atoms with E-state index in [0.717, 1.165) is 43.3 Å². The minimum absolute atomic E-state index is 0.0521. The van der Waals surface area contributed by atoms with Gasteiger partial charge in [0.25, 0.3) is 5.56 Å². The first-order valence-corrected chi connectivity index (χ1v) is 8.84. The summed E-state index contributed by atoms with van der Waals surface area (Å²) in [6.45, 7) is 8.05. The summed E-state index contributed by atoms with van der Waals surface area (Å²) in [7, 11) is 0. The van der Waals surface area contributed by atoms with Crippen LogP contribution in [0.25, 0.3) is 11.2 Å². The highest BCUT2D eigenvalue weighted by Gasteiger charge is 2.22. The molecule has 1 fully saturated rings. The zero-order valence-electron chi connectivity index (χ0n) is 15.0. The van der Waals surface area contributed by atoms with Crippen LogP contribution >= 0.6 is 0 Å². The van der Waals surface area contributed by atoms with Gasteiger partial charge < -0.3 is 14.8 Å². The molecule has 1 saturated heterocycles.